The van der Waals surface area contributed by atoms with Gasteiger partial charge in [0.2, 0.25) is 6.41 Å². The van der Waals surface area contributed by atoms with Crippen molar-refractivity contribution in [1.29, 1.82) is 0 Å². The van der Waals surface area contributed by atoms with Crippen LogP contribution in [0, 0.1) is 0 Å². The number of rotatable bonds is 1. The van der Waals surface area contributed by atoms with Crippen LogP contribution in [-0.2, 0) is 4.79 Å². The third-order valence-electron chi connectivity index (χ3n) is 0.0471. The number of nitrogens with zero attached hydrogens (tertiary/aromatic N) is 2. The van der Waals surface area contributed by atoms with Crippen molar-refractivity contribution < 1.29 is 4.79 Å². The summed E-state index contributed by atoms with van der Waals surface area (Å²) in [5.74, 6) is 0. The van der Waals surface area contributed by atoms with Crippen LogP contribution in [-0.4, -0.2) is 6.41 Å². The number of hydrogen-bond acceptors (Lipinski definition) is 1. The van der Waals surface area contributed by atoms with E-state index < -0.39 is 0 Å². The first-order valence-corrected chi connectivity index (χ1v) is 0.694. The highest BCUT2D eigenvalue weighted by Gasteiger charge is 1.27. The summed E-state index contributed by atoms with van der Waals surface area (Å²) in [5, 5.41) is 2.06. The van der Waals surface area contributed by atoms with Crippen LogP contribution >= 0.6 is 0 Å². The predicted molar refractivity (Wildman–Crippen MR) is 11.9 cm³/mol. The minimum absolute atomic E-state index is 0.0556. The molecule has 3 heteroatoms. The van der Waals surface area contributed by atoms with Gasteiger partial charge in [-0.2, -0.15) is 0 Å². The second-order valence-electron chi connectivity index (χ2n) is 0.221. The second kappa shape index (κ2) is 2.27. The van der Waals surface area contributed by atoms with E-state index in [2.05, 4.69) is 5.11 Å². The van der Waals surface area contributed by atoms with Crippen LogP contribution in [0.3, 0.4) is 0 Å². The second-order valence-corrected chi connectivity index (χ2v) is 0.221. The highest BCUT2D eigenvalue weighted by molar-refractivity contribution is 5.46. The summed E-state index contributed by atoms with van der Waals surface area (Å²) in [6.45, 7) is 0. The van der Waals surface area contributed by atoms with Gasteiger partial charge in [-0.25, -0.2) is 0 Å². The minimum Gasteiger partial charge on any atom is -0.704 e. The standard InChI is InChI=1S/CHN2O/c2-3-1-4/h1H/q-1. The van der Waals surface area contributed by atoms with E-state index >= 15 is 0 Å². The molecule has 0 spiro atoms. The lowest BCUT2D eigenvalue weighted by atomic mass is 11.5. The highest BCUT2D eigenvalue weighted by Crippen LogP contribution is 1.39. The Hall–Kier alpha value is -0.730. The van der Waals surface area contributed by atoms with Gasteiger partial charge in [0.15, 0.2) is 0 Å². The van der Waals surface area contributed by atoms with Gasteiger partial charge in [-0.05, 0) is 0 Å². The molecule has 0 aliphatic carbocycles. The monoisotopic (exact) mass is 57.0 g/mol. The van der Waals surface area contributed by atoms with Gasteiger partial charge in [0.05, 0.1) is 0 Å². The Balaban J connectivity index is 2.73. The minimum atomic E-state index is 0.0556. The first kappa shape index (κ1) is 3.27. The molecule has 0 heterocycles. The lowest BCUT2D eigenvalue weighted by Gasteiger charge is -1.61. The molecule has 0 atom stereocenters. The van der Waals surface area contributed by atoms with E-state index in [0.29, 0.717) is 0 Å². The number of carbonyl (C=O) groups is 1. The molecule has 0 saturated carbocycles. The molecule has 0 aliphatic rings. The van der Waals surface area contributed by atoms with Crippen LogP contribution in [0.25, 0.3) is 5.53 Å². The van der Waals surface area contributed by atoms with Gasteiger partial charge in [-0.15, -0.1) is 0 Å². The van der Waals surface area contributed by atoms with Gasteiger partial charge >= 0.3 is 0 Å². The van der Waals surface area contributed by atoms with Crippen molar-refractivity contribution in [2.45, 2.75) is 0 Å². The Labute approximate surface area is 23.1 Å². The third-order valence-corrected chi connectivity index (χ3v) is 0.0471. The van der Waals surface area contributed by atoms with Gasteiger partial charge in [-0.1, -0.05) is 0 Å². The van der Waals surface area contributed by atoms with Crippen molar-refractivity contribution in [1.82, 2.24) is 0 Å². The molecular formula is CHN2O-. The summed E-state index contributed by atoms with van der Waals surface area (Å²) in [5.41, 5.74) is 7.13. The Bertz CT molecular complexity index is 27.0. The molecule has 0 N–H and O–H groups in total. The fourth-order valence-corrected chi connectivity index (χ4v) is 0. The number of carbonyl (C=O) groups excluding carboxylic acids is 1. The molecule has 0 unspecified atom stereocenters. The predicted octanol–water partition coefficient (Wildman–Crippen LogP) is 0.164. The molecule has 0 radical (unpaired) electrons. The molecule has 3 nitrogen and oxygen atoms in total. The summed E-state index contributed by atoms with van der Waals surface area (Å²) in [6, 6.07) is 0. The van der Waals surface area contributed by atoms with Crippen molar-refractivity contribution >= 4 is 6.41 Å². The van der Waals surface area contributed by atoms with Crippen LogP contribution in [0.5, 0.6) is 0 Å². The van der Waals surface area contributed by atoms with Crippen molar-refractivity contribution in [2.75, 3.05) is 0 Å². The highest BCUT2D eigenvalue weighted by atomic mass is 16.1. The SMILES string of the molecule is [N-]=NC=O. The van der Waals surface area contributed by atoms with Gasteiger partial charge in [0, 0.05) is 0 Å². The zero-order valence-corrected chi connectivity index (χ0v) is 1.88. The van der Waals surface area contributed by atoms with E-state index in [4.69, 9.17) is 10.3 Å². The summed E-state index contributed by atoms with van der Waals surface area (Å²) in [4.78, 5) is 8.76. The Morgan fingerprint density at radius 2 is 2.25 bits per heavy atom. The zero-order valence-electron chi connectivity index (χ0n) is 1.88. The fraction of sp³-hybridized carbons (Fsp3) is 0. The average Bonchev–Trinajstić information content (AvgIpc) is 1.37. The van der Waals surface area contributed by atoms with Gasteiger partial charge < -0.3 is 10.6 Å². The van der Waals surface area contributed by atoms with E-state index in [-0.39, 0.29) is 6.41 Å². The zero-order chi connectivity index (χ0) is 3.41. The molecular weight excluding hydrogens is 56.0 g/mol. The first-order valence-electron chi connectivity index (χ1n) is 0.694. The molecule has 0 rings (SSSR count). The maximum Gasteiger partial charge on any atom is 0.212 e. The van der Waals surface area contributed by atoms with Gasteiger partial charge in [-0.3, -0.25) is 4.79 Å². The summed E-state index contributed by atoms with van der Waals surface area (Å²) >= 11 is 0. The molecule has 0 aliphatic heterocycles. The van der Waals surface area contributed by atoms with Crippen LogP contribution in [0.15, 0.2) is 5.11 Å². The number of amides is 1. The van der Waals surface area contributed by atoms with Crippen LogP contribution in [0.1, 0.15) is 0 Å². The summed E-state index contributed by atoms with van der Waals surface area (Å²) in [6.07, 6.45) is 0.0556. The molecule has 0 aromatic heterocycles. The molecule has 0 fully saturated rings. The van der Waals surface area contributed by atoms with Crippen molar-refractivity contribution in [3.63, 3.8) is 0 Å². The summed E-state index contributed by atoms with van der Waals surface area (Å²) < 4.78 is 0. The summed E-state index contributed by atoms with van der Waals surface area (Å²) in [7, 11) is 0. The maximum atomic E-state index is 8.76. The van der Waals surface area contributed by atoms with E-state index in [1.54, 1.807) is 0 Å². The quantitative estimate of drug-likeness (QED) is 0.312. The molecule has 0 aromatic carbocycles. The largest absolute Gasteiger partial charge is 0.704 e. The molecule has 1 amide bonds. The Kier molecular flexibility index (Phi) is 1.86. The van der Waals surface area contributed by atoms with Crippen LogP contribution in [0.4, 0.5) is 0 Å². The van der Waals surface area contributed by atoms with E-state index in [1.165, 1.54) is 0 Å². The van der Waals surface area contributed by atoms with E-state index in [9.17, 15) is 0 Å². The molecule has 4 heavy (non-hydrogen) atoms. The molecule has 22 valence electrons. The van der Waals surface area contributed by atoms with Crippen molar-refractivity contribution in [2.24, 2.45) is 5.11 Å². The third kappa shape index (κ3) is 1.27. The van der Waals surface area contributed by atoms with Gasteiger partial charge in [0.1, 0.15) is 0 Å². The Morgan fingerprint density at radius 3 is 2.25 bits per heavy atom. The van der Waals surface area contributed by atoms with E-state index in [0.717, 1.165) is 0 Å². The first-order chi connectivity index (χ1) is 1.91. The normalized spacial score (nSPS) is 5.00. The molecule has 0 saturated heterocycles. The average molecular weight is 57.0 g/mol. The van der Waals surface area contributed by atoms with Crippen molar-refractivity contribution in [3.05, 3.63) is 5.53 Å². The maximum absolute atomic E-state index is 8.76. The Morgan fingerprint density at radius 1 is 2.00 bits per heavy atom. The van der Waals surface area contributed by atoms with Crippen LogP contribution < -0.4 is 0 Å². The van der Waals surface area contributed by atoms with Gasteiger partial charge in [0.25, 0.3) is 0 Å². The smallest absolute Gasteiger partial charge is 0.212 e. The lowest BCUT2D eigenvalue weighted by molar-refractivity contribution is -0.106. The van der Waals surface area contributed by atoms with Crippen LogP contribution in [0.2, 0.25) is 0 Å². The topological polar surface area (TPSA) is 51.7 Å². The van der Waals surface area contributed by atoms with E-state index in [1.807, 2.05) is 0 Å². The van der Waals surface area contributed by atoms with Crippen molar-refractivity contribution in [3.8, 4) is 0 Å². The fourth-order valence-electron chi connectivity index (χ4n) is 0. The molecule has 0 bridgehead atoms. The lowest BCUT2D eigenvalue weighted by Crippen LogP contribution is -1.43. The number of hydrogen-bond donors (Lipinski definition) is 0. The molecule has 0 aromatic rings.